The molecule has 0 atom stereocenters. The molecule has 0 radical (unpaired) electrons. The van der Waals surface area contributed by atoms with Crippen LogP contribution in [0.15, 0.2) is 23.7 Å². The Hall–Kier alpha value is -0.790. The Bertz CT molecular complexity index is 321. The van der Waals surface area contributed by atoms with E-state index in [0.29, 0.717) is 5.92 Å². The van der Waals surface area contributed by atoms with Crippen molar-refractivity contribution in [2.75, 3.05) is 20.1 Å². The second-order valence-corrected chi connectivity index (χ2v) is 4.41. The summed E-state index contributed by atoms with van der Waals surface area (Å²) in [5, 5.41) is 6.57. The van der Waals surface area contributed by atoms with E-state index in [9.17, 15) is 0 Å². The van der Waals surface area contributed by atoms with E-state index in [4.69, 9.17) is 0 Å². The van der Waals surface area contributed by atoms with Crippen molar-refractivity contribution >= 4 is 29.9 Å². The van der Waals surface area contributed by atoms with Crippen LogP contribution in [0.3, 0.4) is 0 Å². The van der Waals surface area contributed by atoms with Crippen molar-refractivity contribution in [3.8, 4) is 0 Å². The van der Waals surface area contributed by atoms with Gasteiger partial charge in [0.25, 0.3) is 0 Å². The van der Waals surface area contributed by atoms with E-state index in [2.05, 4.69) is 34.5 Å². The van der Waals surface area contributed by atoms with E-state index in [-0.39, 0.29) is 24.0 Å². The molecule has 0 unspecified atom stereocenters. The summed E-state index contributed by atoms with van der Waals surface area (Å²) in [4.78, 5) is 8.17. The Morgan fingerprint density at radius 2 is 2.06 bits per heavy atom. The molecule has 1 rings (SSSR count). The second kappa shape index (κ2) is 10.2. The van der Waals surface area contributed by atoms with E-state index >= 15 is 0 Å². The summed E-state index contributed by atoms with van der Waals surface area (Å²) in [6, 6.07) is 0. The SMILES string of the molecule is CN=C(NCCC(C)C)NCCn1ccnc1.I. The number of rotatable bonds is 6. The quantitative estimate of drug-likeness (QED) is 0.459. The minimum absolute atomic E-state index is 0. The van der Waals surface area contributed by atoms with Crippen LogP contribution >= 0.6 is 24.0 Å². The maximum Gasteiger partial charge on any atom is 0.191 e. The number of halogens is 1. The number of aromatic nitrogens is 2. The van der Waals surface area contributed by atoms with Crippen LogP contribution in [0.25, 0.3) is 0 Å². The molecule has 5 nitrogen and oxygen atoms in total. The zero-order valence-corrected chi connectivity index (χ0v) is 13.7. The summed E-state index contributed by atoms with van der Waals surface area (Å²) in [7, 11) is 1.79. The minimum Gasteiger partial charge on any atom is -0.356 e. The number of guanidine groups is 1. The first-order valence-corrected chi connectivity index (χ1v) is 6.12. The van der Waals surface area contributed by atoms with E-state index in [1.54, 1.807) is 13.2 Å². The second-order valence-electron chi connectivity index (χ2n) is 4.41. The molecule has 1 aromatic heterocycles. The molecule has 104 valence electrons. The highest BCUT2D eigenvalue weighted by Crippen LogP contribution is 1.95. The molecule has 6 heteroatoms. The molecule has 0 fully saturated rings. The van der Waals surface area contributed by atoms with E-state index < -0.39 is 0 Å². The van der Waals surface area contributed by atoms with Gasteiger partial charge in [0.2, 0.25) is 0 Å². The lowest BCUT2D eigenvalue weighted by Crippen LogP contribution is -2.39. The molecule has 0 aromatic carbocycles. The molecule has 0 saturated heterocycles. The molecule has 0 aliphatic heterocycles. The molecule has 0 amide bonds. The first kappa shape index (κ1) is 17.2. The van der Waals surface area contributed by atoms with Crippen molar-refractivity contribution in [2.45, 2.75) is 26.8 Å². The van der Waals surface area contributed by atoms with Crippen LogP contribution in [0.4, 0.5) is 0 Å². The average Bonchev–Trinajstić information content (AvgIpc) is 2.79. The van der Waals surface area contributed by atoms with Gasteiger partial charge in [-0.15, -0.1) is 24.0 Å². The van der Waals surface area contributed by atoms with Crippen LogP contribution in [-0.2, 0) is 6.54 Å². The first-order chi connectivity index (χ1) is 8.22. The third-order valence-corrected chi connectivity index (χ3v) is 2.46. The highest BCUT2D eigenvalue weighted by molar-refractivity contribution is 14.0. The van der Waals surface area contributed by atoms with Crippen molar-refractivity contribution in [3.05, 3.63) is 18.7 Å². The predicted octanol–water partition coefficient (Wildman–Crippen LogP) is 1.71. The Labute approximate surface area is 126 Å². The summed E-state index contributed by atoms with van der Waals surface area (Å²) in [6.45, 7) is 7.14. The molecule has 1 aromatic rings. The fourth-order valence-corrected chi connectivity index (χ4v) is 1.42. The number of hydrogen-bond acceptors (Lipinski definition) is 2. The van der Waals surface area contributed by atoms with Gasteiger partial charge < -0.3 is 15.2 Å². The summed E-state index contributed by atoms with van der Waals surface area (Å²) in [5.41, 5.74) is 0. The monoisotopic (exact) mass is 365 g/mol. The molecule has 0 saturated carbocycles. The van der Waals surface area contributed by atoms with Crippen molar-refractivity contribution in [1.29, 1.82) is 0 Å². The van der Waals surface area contributed by atoms with Gasteiger partial charge in [-0.2, -0.15) is 0 Å². The molecular weight excluding hydrogens is 341 g/mol. The van der Waals surface area contributed by atoms with E-state index in [1.165, 1.54) is 0 Å². The molecule has 0 aliphatic rings. The Balaban J connectivity index is 0.00000289. The standard InChI is InChI=1S/C12H23N5.HI/c1-11(2)4-5-15-12(13-3)16-7-9-17-8-6-14-10-17;/h6,8,10-11H,4-5,7,9H2,1-3H3,(H2,13,15,16);1H. The zero-order valence-electron chi connectivity index (χ0n) is 11.4. The smallest absolute Gasteiger partial charge is 0.191 e. The highest BCUT2D eigenvalue weighted by Gasteiger charge is 1.98. The van der Waals surface area contributed by atoms with Gasteiger partial charge in [0.1, 0.15) is 0 Å². The lowest BCUT2D eigenvalue weighted by Gasteiger charge is -2.12. The van der Waals surface area contributed by atoms with E-state index in [0.717, 1.165) is 32.0 Å². The van der Waals surface area contributed by atoms with Crippen LogP contribution in [0.1, 0.15) is 20.3 Å². The number of hydrogen-bond donors (Lipinski definition) is 2. The topological polar surface area (TPSA) is 54.2 Å². The molecule has 2 N–H and O–H groups in total. The lowest BCUT2D eigenvalue weighted by molar-refractivity contribution is 0.571. The van der Waals surface area contributed by atoms with Gasteiger partial charge in [0.05, 0.1) is 6.33 Å². The maximum absolute atomic E-state index is 4.17. The fraction of sp³-hybridized carbons (Fsp3) is 0.667. The predicted molar refractivity (Wildman–Crippen MR) is 86.5 cm³/mol. The summed E-state index contributed by atoms with van der Waals surface area (Å²) in [5.74, 6) is 1.58. The number of imidazole rings is 1. The summed E-state index contributed by atoms with van der Waals surface area (Å²) >= 11 is 0. The number of aliphatic imine (C=N–C) groups is 1. The molecule has 0 spiro atoms. The van der Waals surface area contributed by atoms with Gasteiger partial charge in [-0.3, -0.25) is 4.99 Å². The Morgan fingerprint density at radius 1 is 1.33 bits per heavy atom. The van der Waals surface area contributed by atoms with Gasteiger partial charge in [-0.1, -0.05) is 13.8 Å². The molecule has 18 heavy (non-hydrogen) atoms. The van der Waals surface area contributed by atoms with Crippen molar-refractivity contribution in [2.24, 2.45) is 10.9 Å². The van der Waals surface area contributed by atoms with Crippen molar-refractivity contribution < 1.29 is 0 Å². The molecular formula is C12H24IN5. The Morgan fingerprint density at radius 3 is 2.61 bits per heavy atom. The average molecular weight is 365 g/mol. The molecule has 1 heterocycles. The van der Waals surface area contributed by atoms with Crippen LogP contribution in [0.5, 0.6) is 0 Å². The molecule has 0 aliphatic carbocycles. The lowest BCUT2D eigenvalue weighted by atomic mass is 10.1. The largest absolute Gasteiger partial charge is 0.356 e. The maximum atomic E-state index is 4.17. The van der Waals surface area contributed by atoms with Crippen molar-refractivity contribution in [3.63, 3.8) is 0 Å². The normalized spacial score (nSPS) is 11.2. The summed E-state index contributed by atoms with van der Waals surface area (Å²) in [6.07, 6.45) is 6.71. The van der Waals surface area contributed by atoms with Crippen LogP contribution in [0, 0.1) is 5.92 Å². The van der Waals surface area contributed by atoms with Crippen LogP contribution in [0.2, 0.25) is 0 Å². The van der Waals surface area contributed by atoms with Gasteiger partial charge in [-0.25, -0.2) is 4.98 Å². The van der Waals surface area contributed by atoms with Gasteiger partial charge in [-0.05, 0) is 12.3 Å². The third kappa shape index (κ3) is 7.52. The van der Waals surface area contributed by atoms with Gasteiger partial charge in [0, 0.05) is 39.1 Å². The number of nitrogens with one attached hydrogen (secondary N) is 2. The first-order valence-electron chi connectivity index (χ1n) is 6.12. The highest BCUT2D eigenvalue weighted by atomic mass is 127. The molecule has 0 bridgehead atoms. The fourth-order valence-electron chi connectivity index (χ4n) is 1.42. The van der Waals surface area contributed by atoms with E-state index in [1.807, 2.05) is 17.1 Å². The number of nitrogens with zero attached hydrogens (tertiary/aromatic N) is 3. The van der Waals surface area contributed by atoms with Gasteiger partial charge in [0.15, 0.2) is 5.96 Å². The summed E-state index contributed by atoms with van der Waals surface area (Å²) < 4.78 is 2.04. The van der Waals surface area contributed by atoms with Crippen LogP contribution < -0.4 is 10.6 Å². The van der Waals surface area contributed by atoms with Crippen LogP contribution in [-0.4, -0.2) is 35.6 Å². The minimum atomic E-state index is 0. The zero-order chi connectivity index (χ0) is 12.5. The van der Waals surface area contributed by atoms with Gasteiger partial charge >= 0.3 is 0 Å². The third-order valence-electron chi connectivity index (χ3n) is 2.46. The Kier molecular flexibility index (Phi) is 9.72. The van der Waals surface area contributed by atoms with Crippen molar-refractivity contribution in [1.82, 2.24) is 20.2 Å².